The number of nitrogens with zero attached hydrogens (tertiary/aromatic N) is 2. The topological polar surface area (TPSA) is 27.7 Å². The maximum Gasteiger partial charge on any atom is 0.125 e. The molecule has 2 saturated heterocycles. The van der Waals surface area contributed by atoms with Crippen molar-refractivity contribution in [2.45, 2.75) is 38.3 Å². The van der Waals surface area contributed by atoms with Crippen LogP contribution in [0.5, 0.6) is 0 Å². The average molecular weight is 349 g/mol. The molecule has 2 aliphatic rings. The Kier molecular flexibility index (Phi) is 6.31. The predicted octanol–water partition coefficient (Wildman–Crippen LogP) is 3.04. The lowest BCUT2D eigenvalue weighted by Gasteiger charge is -2.35. The first-order valence-electron chi connectivity index (χ1n) is 9.56. The second-order valence-electron chi connectivity index (χ2n) is 7.79. The van der Waals surface area contributed by atoms with Gasteiger partial charge in [0.25, 0.3) is 0 Å². The number of likely N-dealkylation sites (tertiary alicyclic amines) is 1. The first kappa shape index (κ1) is 18.6. The summed E-state index contributed by atoms with van der Waals surface area (Å²) < 4.78 is 19.1. The lowest BCUT2D eigenvalue weighted by Crippen LogP contribution is -2.44. The van der Waals surface area contributed by atoms with Crippen LogP contribution in [0.1, 0.15) is 37.8 Å². The summed E-state index contributed by atoms with van der Waals surface area (Å²) in [5, 5.41) is 3.76. The zero-order chi connectivity index (χ0) is 17.8. The molecule has 2 heterocycles. The molecule has 5 heteroatoms. The molecule has 25 heavy (non-hydrogen) atoms. The minimum absolute atomic E-state index is 0.177. The fourth-order valence-electron chi connectivity index (χ4n) is 4.09. The lowest BCUT2D eigenvalue weighted by molar-refractivity contribution is 0.145. The third-order valence-corrected chi connectivity index (χ3v) is 5.55. The Morgan fingerprint density at radius 3 is 2.68 bits per heavy atom. The van der Waals surface area contributed by atoms with E-state index in [0.717, 1.165) is 43.5 Å². The van der Waals surface area contributed by atoms with E-state index in [1.807, 2.05) is 25.1 Å². The van der Waals surface area contributed by atoms with E-state index in [0.29, 0.717) is 6.04 Å². The van der Waals surface area contributed by atoms with Crippen LogP contribution in [0.25, 0.3) is 0 Å². The number of halogens is 1. The highest BCUT2D eigenvalue weighted by Crippen LogP contribution is 2.27. The molecule has 140 valence electrons. The van der Waals surface area contributed by atoms with Gasteiger partial charge in [-0.2, -0.15) is 0 Å². The van der Waals surface area contributed by atoms with Gasteiger partial charge in [0.05, 0.1) is 6.61 Å². The number of benzene rings is 1. The molecular weight excluding hydrogens is 317 g/mol. The molecular formula is C20H32FN3O. The smallest absolute Gasteiger partial charge is 0.125 e. The molecule has 2 unspecified atom stereocenters. The summed E-state index contributed by atoms with van der Waals surface area (Å²) in [6.45, 7) is 7.56. The molecule has 0 spiro atoms. The van der Waals surface area contributed by atoms with Crippen LogP contribution in [0.2, 0.25) is 0 Å². The van der Waals surface area contributed by atoms with Crippen LogP contribution in [0.4, 0.5) is 10.1 Å². The Morgan fingerprint density at radius 2 is 2.04 bits per heavy atom. The largest absolute Gasteiger partial charge is 0.381 e. The molecule has 1 N–H and O–H groups in total. The molecule has 2 aliphatic heterocycles. The standard InChI is InChI=1S/C20H32FN3O/c1-15(19-5-4-17(21)12-20(19)23(2)3)22-18-6-9-24(10-7-18)13-16-8-11-25-14-16/h4-5,12,15-16,18,22H,6-11,13-14H2,1-3H3. The average Bonchev–Trinajstić information content (AvgIpc) is 3.09. The third kappa shape index (κ3) is 4.93. The Hall–Kier alpha value is -1.17. The van der Waals surface area contributed by atoms with Crippen LogP contribution in [0.15, 0.2) is 18.2 Å². The Morgan fingerprint density at radius 1 is 1.28 bits per heavy atom. The molecule has 0 aromatic heterocycles. The van der Waals surface area contributed by atoms with Crippen molar-refractivity contribution in [3.05, 3.63) is 29.6 Å². The number of piperidine rings is 1. The summed E-state index contributed by atoms with van der Waals surface area (Å²) in [5.41, 5.74) is 2.12. The van der Waals surface area contributed by atoms with Gasteiger partial charge in [-0.3, -0.25) is 0 Å². The van der Waals surface area contributed by atoms with E-state index in [9.17, 15) is 4.39 Å². The fraction of sp³-hybridized carbons (Fsp3) is 0.700. The van der Waals surface area contributed by atoms with Gasteiger partial charge in [-0.15, -0.1) is 0 Å². The second kappa shape index (κ2) is 8.47. The minimum Gasteiger partial charge on any atom is -0.381 e. The number of hydrogen-bond acceptors (Lipinski definition) is 4. The maximum atomic E-state index is 13.6. The van der Waals surface area contributed by atoms with Crippen molar-refractivity contribution in [2.75, 3.05) is 51.8 Å². The SMILES string of the molecule is CC(NC1CCN(CC2CCOC2)CC1)c1ccc(F)cc1N(C)C. The van der Waals surface area contributed by atoms with Gasteiger partial charge in [-0.1, -0.05) is 6.07 Å². The molecule has 1 aromatic rings. The van der Waals surface area contributed by atoms with Gasteiger partial charge in [0, 0.05) is 45.0 Å². The Bertz CT molecular complexity index is 552. The van der Waals surface area contributed by atoms with E-state index >= 15 is 0 Å². The number of nitrogens with one attached hydrogen (secondary N) is 1. The maximum absolute atomic E-state index is 13.6. The number of hydrogen-bond donors (Lipinski definition) is 1. The summed E-state index contributed by atoms with van der Waals surface area (Å²) in [5.74, 6) is 0.550. The van der Waals surface area contributed by atoms with Crippen molar-refractivity contribution < 1.29 is 9.13 Å². The third-order valence-electron chi connectivity index (χ3n) is 5.55. The summed E-state index contributed by atoms with van der Waals surface area (Å²) in [7, 11) is 3.94. The van der Waals surface area contributed by atoms with Crippen molar-refractivity contribution in [3.63, 3.8) is 0 Å². The van der Waals surface area contributed by atoms with Crippen LogP contribution < -0.4 is 10.2 Å². The van der Waals surface area contributed by atoms with Crippen LogP contribution in [0.3, 0.4) is 0 Å². The molecule has 2 fully saturated rings. The van der Waals surface area contributed by atoms with E-state index in [1.54, 1.807) is 12.1 Å². The normalized spacial score (nSPS) is 23.8. The number of anilines is 1. The van der Waals surface area contributed by atoms with Crippen LogP contribution in [-0.2, 0) is 4.74 Å². The number of ether oxygens (including phenoxy) is 1. The second-order valence-corrected chi connectivity index (χ2v) is 7.79. The minimum atomic E-state index is -0.177. The van der Waals surface area contributed by atoms with E-state index in [4.69, 9.17) is 4.74 Å². The summed E-state index contributed by atoms with van der Waals surface area (Å²) in [6, 6.07) is 5.85. The van der Waals surface area contributed by atoms with E-state index < -0.39 is 0 Å². The monoisotopic (exact) mass is 349 g/mol. The van der Waals surface area contributed by atoms with Gasteiger partial charge < -0.3 is 19.9 Å². The Balaban J connectivity index is 1.51. The molecule has 4 nitrogen and oxygen atoms in total. The van der Waals surface area contributed by atoms with Crippen LogP contribution >= 0.6 is 0 Å². The highest BCUT2D eigenvalue weighted by atomic mass is 19.1. The summed E-state index contributed by atoms with van der Waals surface area (Å²) >= 11 is 0. The van der Waals surface area contributed by atoms with Crippen LogP contribution in [0, 0.1) is 11.7 Å². The molecule has 0 saturated carbocycles. The van der Waals surface area contributed by atoms with E-state index in [-0.39, 0.29) is 11.9 Å². The van der Waals surface area contributed by atoms with Crippen molar-refractivity contribution in [2.24, 2.45) is 5.92 Å². The molecule has 0 amide bonds. The highest BCUT2D eigenvalue weighted by Gasteiger charge is 2.25. The fourth-order valence-corrected chi connectivity index (χ4v) is 4.09. The summed E-state index contributed by atoms with van der Waals surface area (Å²) in [6.07, 6.45) is 3.57. The van der Waals surface area contributed by atoms with Crippen molar-refractivity contribution in [1.82, 2.24) is 10.2 Å². The molecule has 1 aromatic carbocycles. The van der Waals surface area contributed by atoms with Crippen LogP contribution in [-0.4, -0.2) is 57.9 Å². The molecule has 0 aliphatic carbocycles. The van der Waals surface area contributed by atoms with Gasteiger partial charge >= 0.3 is 0 Å². The molecule has 2 atom stereocenters. The van der Waals surface area contributed by atoms with E-state index in [1.165, 1.54) is 25.8 Å². The van der Waals surface area contributed by atoms with Gasteiger partial charge in [0.2, 0.25) is 0 Å². The predicted molar refractivity (Wildman–Crippen MR) is 101 cm³/mol. The molecule has 0 radical (unpaired) electrons. The van der Waals surface area contributed by atoms with Gasteiger partial charge in [0.15, 0.2) is 0 Å². The number of rotatable bonds is 6. The molecule has 3 rings (SSSR count). The zero-order valence-electron chi connectivity index (χ0n) is 15.8. The lowest BCUT2D eigenvalue weighted by atomic mass is 9.99. The zero-order valence-corrected chi connectivity index (χ0v) is 15.8. The van der Waals surface area contributed by atoms with Crippen molar-refractivity contribution in [3.8, 4) is 0 Å². The molecule has 0 bridgehead atoms. The van der Waals surface area contributed by atoms with Gasteiger partial charge in [0.1, 0.15) is 5.82 Å². The van der Waals surface area contributed by atoms with Gasteiger partial charge in [-0.25, -0.2) is 4.39 Å². The highest BCUT2D eigenvalue weighted by molar-refractivity contribution is 5.54. The Labute approximate surface area is 151 Å². The van der Waals surface area contributed by atoms with Crippen molar-refractivity contribution in [1.29, 1.82) is 0 Å². The van der Waals surface area contributed by atoms with Crippen molar-refractivity contribution >= 4 is 5.69 Å². The quantitative estimate of drug-likeness (QED) is 0.854. The van der Waals surface area contributed by atoms with Gasteiger partial charge in [-0.05, 0) is 62.9 Å². The first-order valence-corrected chi connectivity index (χ1v) is 9.56. The first-order chi connectivity index (χ1) is 12.0. The van der Waals surface area contributed by atoms with E-state index in [2.05, 4.69) is 17.1 Å². The summed E-state index contributed by atoms with van der Waals surface area (Å²) in [4.78, 5) is 4.58.